The van der Waals surface area contributed by atoms with Crippen molar-refractivity contribution in [2.24, 2.45) is 5.92 Å². The molecule has 2 rings (SSSR count). The first-order chi connectivity index (χ1) is 9.56. The number of likely N-dealkylation sites (tertiary alicyclic amines) is 1. The Kier molecular flexibility index (Phi) is 5.06. The van der Waals surface area contributed by atoms with Gasteiger partial charge < -0.3 is 10.2 Å². The number of carbonyl (C=O) groups is 1. The van der Waals surface area contributed by atoms with Gasteiger partial charge in [-0.3, -0.25) is 4.79 Å². The number of halogens is 2. The van der Waals surface area contributed by atoms with Gasteiger partial charge in [0.1, 0.15) is 11.6 Å². The predicted octanol–water partition coefficient (Wildman–Crippen LogP) is 2.43. The van der Waals surface area contributed by atoms with Gasteiger partial charge in [-0.05, 0) is 50.0 Å². The summed E-state index contributed by atoms with van der Waals surface area (Å²) >= 11 is 0. The molecule has 0 saturated carbocycles. The molecule has 1 aliphatic rings. The molecule has 0 aliphatic carbocycles. The van der Waals surface area contributed by atoms with Gasteiger partial charge >= 0.3 is 0 Å². The zero-order valence-electron chi connectivity index (χ0n) is 11.7. The summed E-state index contributed by atoms with van der Waals surface area (Å²) in [6.07, 6.45) is 2.35. The molecule has 0 aromatic heterocycles. The van der Waals surface area contributed by atoms with Gasteiger partial charge in [0.2, 0.25) is 0 Å². The monoisotopic (exact) mass is 282 g/mol. The summed E-state index contributed by atoms with van der Waals surface area (Å²) < 4.78 is 26.4. The fourth-order valence-electron chi connectivity index (χ4n) is 2.38. The third-order valence-corrected chi connectivity index (χ3v) is 3.76. The summed E-state index contributed by atoms with van der Waals surface area (Å²) in [7, 11) is 0. The van der Waals surface area contributed by atoms with Crippen LogP contribution < -0.4 is 5.32 Å². The van der Waals surface area contributed by atoms with Crippen LogP contribution in [0.25, 0.3) is 0 Å². The van der Waals surface area contributed by atoms with E-state index in [1.165, 1.54) is 12.8 Å². The highest BCUT2D eigenvalue weighted by Gasteiger charge is 2.16. The molecule has 0 atom stereocenters. The third-order valence-electron chi connectivity index (χ3n) is 3.76. The van der Waals surface area contributed by atoms with Crippen molar-refractivity contribution < 1.29 is 13.6 Å². The van der Waals surface area contributed by atoms with E-state index in [1.807, 2.05) is 0 Å². The van der Waals surface area contributed by atoms with Crippen LogP contribution in [0.3, 0.4) is 0 Å². The van der Waals surface area contributed by atoms with Crippen molar-refractivity contribution in [3.05, 3.63) is 35.4 Å². The highest BCUT2D eigenvalue weighted by molar-refractivity contribution is 5.94. The SMILES string of the molecule is CC1CCN(CCNC(=O)c2cc(F)ccc2F)CC1. The lowest BCUT2D eigenvalue weighted by Gasteiger charge is -2.30. The number of piperidine rings is 1. The topological polar surface area (TPSA) is 32.3 Å². The minimum Gasteiger partial charge on any atom is -0.351 e. The number of hydrogen-bond donors (Lipinski definition) is 1. The third kappa shape index (κ3) is 4.00. The molecule has 3 nitrogen and oxygen atoms in total. The second kappa shape index (κ2) is 6.79. The maximum atomic E-state index is 13.4. The summed E-state index contributed by atoms with van der Waals surface area (Å²) in [4.78, 5) is 14.1. The normalized spacial score (nSPS) is 17.1. The Morgan fingerprint density at radius 2 is 2.05 bits per heavy atom. The first-order valence-electron chi connectivity index (χ1n) is 7.02. The number of carbonyl (C=O) groups excluding carboxylic acids is 1. The molecule has 1 aromatic rings. The molecule has 20 heavy (non-hydrogen) atoms. The molecular weight excluding hydrogens is 262 g/mol. The lowest BCUT2D eigenvalue weighted by atomic mass is 9.99. The Morgan fingerprint density at radius 1 is 1.35 bits per heavy atom. The van der Waals surface area contributed by atoms with E-state index in [0.717, 1.165) is 43.8 Å². The quantitative estimate of drug-likeness (QED) is 0.920. The molecular formula is C15H20F2N2O. The van der Waals surface area contributed by atoms with Crippen LogP contribution in [0.2, 0.25) is 0 Å². The van der Waals surface area contributed by atoms with Gasteiger partial charge in [-0.1, -0.05) is 6.92 Å². The number of nitrogens with one attached hydrogen (secondary N) is 1. The standard InChI is InChI=1S/C15H20F2N2O/c1-11-4-7-19(8-5-11)9-6-18-15(20)13-10-12(16)2-3-14(13)17/h2-3,10-11H,4-9H2,1H3,(H,18,20). The van der Waals surface area contributed by atoms with Crippen molar-refractivity contribution >= 4 is 5.91 Å². The summed E-state index contributed by atoms with van der Waals surface area (Å²) in [5, 5.41) is 2.64. The van der Waals surface area contributed by atoms with Gasteiger partial charge in [-0.15, -0.1) is 0 Å². The molecule has 0 spiro atoms. The van der Waals surface area contributed by atoms with Crippen LogP contribution in [0, 0.1) is 17.6 Å². The largest absolute Gasteiger partial charge is 0.351 e. The lowest BCUT2D eigenvalue weighted by molar-refractivity contribution is 0.0940. The molecule has 1 heterocycles. The Bertz CT molecular complexity index is 471. The second-order valence-corrected chi connectivity index (χ2v) is 5.40. The van der Waals surface area contributed by atoms with Crippen molar-refractivity contribution in [1.29, 1.82) is 0 Å². The number of rotatable bonds is 4. The highest BCUT2D eigenvalue weighted by Crippen LogP contribution is 2.15. The number of nitrogens with zero attached hydrogens (tertiary/aromatic N) is 1. The molecule has 1 aromatic carbocycles. The van der Waals surface area contributed by atoms with Crippen LogP contribution in [0.1, 0.15) is 30.1 Å². The van der Waals surface area contributed by atoms with Crippen LogP contribution >= 0.6 is 0 Å². The van der Waals surface area contributed by atoms with Gasteiger partial charge in [0.25, 0.3) is 5.91 Å². The molecule has 1 fully saturated rings. The van der Waals surface area contributed by atoms with Gasteiger partial charge in [-0.2, -0.15) is 0 Å². The lowest BCUT2D eigenvalue weighted by Crippen LogP contribution is -2.39. The molecule has 0 unspecified atom stereocenters. The molecule has 110 valence electrons. The summed E-state index contributed by atoms with van der Waals surface area (Å²) in [5.74, 6) is -1.10. The molecule has 1 amide bonds. The van der Waals surface area contributed by atoms with Crippen LogP contribution in [-0.2, 0) is 0 Å². The van der Waals surface area contributed by atoms with Crippen LogP contribution in [0.4, 0.5) is 8.78 Å². The van der Waals surface area contributed by atoms with Crippen molar-refractivity contribution in [2.75, 3.05) is 26.2 Å². The second-order valence-electron chi connectivity index (χ2n) is 5.40. The average Bonchev–Trinajstić information content (AvgIpc) is 2.43. The van der Waals surface area contributed by atoms with Gasteiger partial charge in [0.15, 0.2) is 0 Å². The molecule has 0 radical (unpaired) electrons. The molecule has 1 aliphatic heterocycles. The van der Waals surface area contributed by atoms with E-state index in [9.17, 15) is 13.6 Å². The zero-order chi connectivity index (χ0) is 14.5. The van der Waals surface area contributed by atoms with Crippen molar-refractivity contribution in [1.82, 2.24) is 10.2 Å². The molecule has 1 saturated heterocycles. The van der Waals surface area contributed by atoms with E-state index in [4.69, 9.17) is 0 Å². The van der Waals surface area contributed by atoms with E-state index in [0.29, 0.717) is 6.54 Å². The Hall–Kier alpha value is -1.49. The van der Waals surface area contributed by atoms with E-state index in [2.05, 4.69) is 17.1 Å². The van der Waals surface area contributed by atoms with Gasteiger partial charge in [0, 0.05) is 13.1 Å². The first kappa shape index (κ1) is 14.9. The van der Waals surface area contributed by atoms with E-state index in [-0.39, 0.29) is 5.56 Å². The maximum Gasteiger partial charge on any atom is 0.254 e. The first-order valence-corrected chi connectivity index (χ1v) is 7.02. The fraction of sp³-hybridized carbons (Fsp3) is 0.533. The van der Waals surface area contributed by atoms with Crippen LogP contribution in [0.5, 0.6) is 0 Å². The Labute approximate surface area is 118 Å². The summed E-state index contributed by atoms with van der Waals surface area (Å²) in [5.41, 5.74) is -0.239. The molecule has 1 N–H and O–H groups in total. The van der Waals surface area contributed by atoms with Crippen LogP contribution in [-0.4, -0.2) is 37.0 Å². The maximum absolute atomic E-state index is 13.4. The van der Waals surface area contributed by atoms with Crippen LogP contribution in [0.15, 0.2) is 18.2 Å². The minimum absolute atomic E-state index is 0.239. The molecule has 5 heteroatoms. The highest BCUT2D eigenvalue weighted by atomic mass is 19.1. The zero-order valence-corrected chi connectivity index (χ0v) is 11.7. The van der Waals surface area contributed by atoms with E-state index in [1.54, 1.807) is 0 Å². The molecule has 0 bridgehead atoms. The predicted molar refractivity (Wildman–Crippen MR) is 73.5 cm³/mol. The fourth-order valence-corrected chi connectivity index (χ4v) is 2.38. The van der Waals surface area contributed by atoms with Gasteiger partial charge in [0.05, 0.1) is 5.56 Å². The van der Waals surface area contributed by atoms with Gasteiger partial charge in [-0.25, -0.2) is 8.78 Å². The smallest absolute Gasteiger partial charge is 0.254 e. The van der Waals surface area contributed by atoms with Crippen molar-refractivity contribution in [3.8, 4) is 0 Å². The van der Waals surface area contributed by atoms with Crippen molar-refractivity contribution in [3.63, 3.8) is 0 Å². The summed E-state index contributed by atoms with van der Waals surface area (Å²) in [6, 6.07) is 2.89. The Morgan fingerprint density at radius 3 is 2.75 bits per heavy atom. The van der Waals surface area contributed by atoms with E-state index >= 15 is 0 Å². The summed E-state index contributed by atoms with van der Waals surface area (Å²) in [6.45, 7) is 5.50. The van der Waals surface area contributed by atoms with E-state index < -0.39 is 17.5 Å². The number of amides is 1. The minimum atomic E-state index is -0.698. The average molecular weight is 282 g/mol. The Balaban J connectivity index is 1.79. The number of benzene rings is 1. The van der Waals surface area contributed by atoms with Crippen molar-refractivity contribution in [2.45, 2.75) is 19.8 Å². The number of hydrogen-bond acceptors (Lipinski definition) is 2.